The zero-order valence-electron chi connectivity index (χ0n) is 18.6. The highest BCUT2D eigenvalue weighted by Gasteiger charge is 2.30. The first-order valence-corrected chi connectivity index (χ1v) is 10.2. The van der Waals surface area contributed by atoms with Crippen molar-refractivity contribution in [2.45, 2.75) is 26.1 Å². The van der Waals surface area contributed by atoms with Gasteiger partial charge in [-0.3, -0.25) is 14.6 Å². The van der Waals surface area contributed by atoms with Crippen molar-refractivity contribution in [3.63, 3.8) is 0 Å². The maximum atomic E-state index is 12.8. The summed E-state index contributed by atoms with van der Waals surface area (Å²) in [6.07, 6.45) is 1.74. The Hall–Kier alpha value is -3.63. The molecule has 0 aliphatic rings. The van der Waals surface area contributed by atoms with Gasteiger partial charge in [-0.25, -0.2) is 4.98 Å². The zero-order chi connectivity index (χ0) is 24.3. The number of carbonyl (C=O) groups excluding carboxylic acids is 2. The molecule has 1 atom stereocenters. The van der Waals surface area contributed by atoms with Crippen LogP contribution in [0.15, 0.2) is 36.9 Å². The van der Waals surface area contributed by atoms with Gasteiger partial charge >= 0.3 is 6.18 Å². The third kappa shape index (κ3) is 5.60. The van der Waals surface area contributed by atoms with E-state index in [-0.39, 0.29) is 11.8 Å². The molecule has 3 rings (SSSR count). The molecule has 0 fully saturated rings. The molecule has 0 radical (unpaired) electrons. The maximum absolute atomic E-state index is 12.8. The first-order chi connectivity index (χ1) is 15.5. The van der Waals surface area contributed by atoms with Crippen molar-refractivity contribution in [3.8, 4) is 11.1 Å². The standard InChI is InChI=1S/C22H25F3N6O2/c1-12(2)18(20(32)29-11-22(23,24)25)30-14-7-13(8-26-9-14)17-15-5-6-27-19(15)28-10-16(17)21(33)31(3)4/h5-10,12,18,30H,11H2,1-4H3,(H,27,28)(H,29,32)/t18-/m1/s1. The molecule has 0 bridgehead atoms. The van der Waals surface area contributed by atoms with Crippen LogP contribution in [0, 0.1) is 5.92 Å². The molecule has 3 aromatic heterocycles. The molecule has 3 aromatic rings. The van der Waals surface area contributed by atoms with Crippen LogP contribution in [0.2, 0.25) is 0 Å². The van der Waals surface area contributed by atoms with E-state index < -0.39 is 24.7 Å². The van der Waals surface area contributed by atoms with Crippen molar-refractivity contribution in [1.29, 1.82) is 0 Å². The van der Waals surface area contributed by atoms with Crippen LogP contribution >= 0.6 is 0 Å². The number of H-pyrrole nitrogens is 1. The van der Waals surface area contributed by atoms with Crippen molar-refractivity contribution in [3.05, 3.63) is 42.5 Å². The highest BCUT2D eigenvalue weighted by Crippen LogP contribution is 2.32. The van der Waals surface area contributed by atoms with Gasteiger partial charge in [0.2, 0.25) is 5.91 Å². The molecule has 2 amide bonds. The number of hydrogen-bond donors (Lipinski definition) is 3. The Morgan fingerprint density at radius 3 is 2.55 bits per heavy atom. The van der Waals surface area contributed by atoms with Crippen molar-refractivity contribution >= 4 is 28.5 Å². The normalized spacial score (nSPS) is 12.6. The molecule has 3 N–H and O–H groups in total. The Labute approximate surface area is 188 Å². The second-order valence-corrected chi connectivity index (χ2v) is 8.15. The fourth-order valence-electron chi connectivity index (χ4n) is 3.39. The van der Waals surface area contributed by atoms with E-state index in [1.54, 1.807) is 52.5 Å². The number of fused-ring (bicyclic) bond motifs is 1. The summed E-state index contributed by atoms with van der Waals surface area (Å²) in [5, 5.41) is 5.61. The van der Waals surface area contributed by atoms with E-state index in [0.29, 0.717) is 33.4 Å². The molecule has 0 aromatic carbocycles. The highest BCUT2D eigenvalue weighted by atomic mass is 19.4. The number of pyridine rings is 2. The Balaban J connectivity index is 1.98. The molecular formula is C22H25F3N6O2. The van der Waals surface area contributed by atoms with Gasteiger partial charge in [-0.15, -0.1) is 0 Å². The van der Waals surface area contributed by atoms with Crippen LogP contribution in [-0.2, 0) is 4.79 Å². The number of halogens is 3. The van der Waals surface area contributed by atoms with Gasteiger partial charge in [0.05, 0.1) is 11.3 Å². The Kier molecular flexibility index (Phi) is 6.89. The highest BCUT2D eigenvalue weighted by molar-refractivity contribution is 6.08. The topological polar surface area (TPSA) is 103 Å². The first-order valence-electron chi connectivity index (χ1n) is 10.2. The average molecular weight is 462 g/mol. The third-order valence-electron chi connectivity index (χ3n) is 4.98. The van der Waals surface area contributed by atoms with Crippen molar-refractivity contribution < 1.29 is 22.8 Å². The quantitative estimate of drug-likeness (QED) is 0.499. The number of aromatic nitrogens is 3. The number of carbonyl (C=O) groups is 2. The third-order valence-corrected chi connectivity index (χ3v) is 4.98. The van der Waals surface area contributed by atoms with Gasteiger partial charge < -0.3 is 20.5 Å². The molecule has 8 nitrogen and oxygen atoms in total. The van der Waals surface area contributed by atoms with Crippen molar-refractivity contribution in [2.24, 2.45) is 5.92 Å². The molecular weight excluding hydrogens is 437 g/mol. The minimum absolute atomic E-state index is 0.245. The number of amides is 2. The van der Waals surface area contributed by atoms with Gasteiger partial charge in [0.1, 0.15) is 18.2 Å². The maximum Gasteiger partial charge on any atom is 0.405 e. The summed E-state index contributed by atoms with van der Waals surface area (Å²) in [7, 11) is 3.27. The van der Waals surface area contributed by atoms with Crippen LogP contribution in [-0.4, -0.2) is 64.5 Å². The molecule has 3 heterocycles. The average Bonchev–Trinajstić information content (AvgIpc) is 3.22. The second-order valence-electron chi connectivity index (χ2n) is 8.15. The van der Waals surface area contributed by atoms with E-state index in [0.717, 1.165) is 0 Å². The Bertz CT molecular complexity index is 1160. The molecule has 0 aliphatic carbocycles. The number of nitrogens with one attached hydrogen (secondary N) is 3. The summed E-state index contributed by atoms with van der Waals surface area (Å²) in [5.74, 6) is -1.32. The van der Waals surface area contributed by atoms with E-state index in [2.05, 4.69) is 20.3 Å². The number of hydrogen-bond acceptors (Lipinski definition) is 5. The fourth-order valence-corrected chi connectivity index (χ4v) is 3.39. The summed E-state index contributed by atoms with van der Waals surface area (Å²) in [5.41, 5.74) is 2.59. The molecule has 0 aliphatic heterocycles. The first kappa shape index (κ1) is 24.0. The fraction of sp³-hybridized carbons (Fsp3) is 0.364. The van der Waals surface area contributed by atoms with Crippen molar-refractivity contribution in [1.82, 2.24) is 25.2 Å². The van der Waals surface area contributed by atoms with E-state index in [1.165, 1.54) is 17.3 Å². The molecule has 11 heteroatoms. The van der Waals surface area contributed by atoms with Gasteiger partial charge in [-0.05, 0) is 18.1 Å². The minimum atomic E-state index is -4.50. The zero-order valence-corrected chi connectivity index (χ0v) is 18.6. The van der Waals surface area contributed by atoms with E-state index in [4.69, 9.17) is 0 Å². The number of aromatic amines is 1. The van der Waals surface area contributed by atoms with Gasteiger partial charge in [0, 0.05) is 55.4 Å². The summed E-state index contributed by atoms with van der Waals surface area (Å²) < 4.78 is 37.6. The molecule has 0 saturated heterocycles. The van der Waals surface area contributed by atoms with Gasteiger partial charge in [0.25, 0.3) is 5.91 Å². The van der Waals surface area contributed by atoms with Crippen LogP contribution < -0.4 is 10.6 Å². The van der Waals surface area contributed by atoms with Crippen LogP contribution in [0.3, 0.4) is 0 Å². The van der Waals surface area contributed by atoms with E-state index >= 15 is 0 Å². The SMILES string of the molecule is CC(C)[C@@H](Nc1cncc(-c2c(C(=O)N(C)C)cnc3[nH]ccc23)c1)C(=O)NCC(F)(F)F. The lowest BCUT2D eigenvalue weighted by molar-refractivity contribution is -0.139. The summed E-state index contributed by atoms with van der Waals surface area (Å²) in [4.78, 5) is 38.2. The molecule has 0 saturated carbocycles. The summed E-state index contributed by atoms with van der Waals surface area (Å²) >= 11 is 0. The van der Waals surface area contributed by atoms with Crippen LogP contribution in [0.5, 0.6) is 0 Å². The van der Waals surface area contributed by atoms with Gasteiger partial charge in [-0.1, -0.05) is 13.8 Å². The number of rotatable bonds is 7. The van der Waals surface area contributed by atoms with Crippen LogP contribution in [0.4, 0.5) is 18.9 Å². The molecule has 0 spiro atoms. The van der Waals surface area contributed by atoms with E-state index in [9.17, 15) is 22.8 Å². The predicted octanol–water partition coefficient (Wildman–Crippen LogP) is 3.44. The van der Waals surface area contributed by atoms with Crippen LogP contribution in [0.25, 0.3) is 22.2 Å². The largest absolute Gasteiger partial charge is 0.405 e. The monoisotopic (exact) mass is 462 g/mol. The molecule has 33 heavy (non-hydrogen) atoms. The Morgan fingerprint density at radius 1 is 1.18 bits per heavy atom. The number of anilines is 1. The van der Waals surface area contributed by atoms with Crippen LogP contribution in [0.1, 0.15) is 24.2 Å². The lowest BCUT2D eigenvalue weighted by Gasteiger charge is -2.23. The minimum Gasteiger partial charge on any atom is -0.372 e. The number of alkyl halides is 3. The van der Waals surface area contributed by atoms with E-state index in [1.807, 2.05) is 5.32 Å². The predicted molar refractivity (Wildman–Crippen MR) is 119 cm³/mol. The summed E-state index contributed by atoms with van der Waals surface area (Å²) in [6, 6.07) is 2.58. The molecule has 0 unspecified atom stereocenters. The lowest BCUT2D eigenvalue weighted by atomic mass is 9.98. The van der Waals surface area contributed by atoms with Crippen molar-refractivity contribution in [2.75, 3.05) is 26.0 Å². The molecule has 176 valence electrons. The van der Waals surface area contributed by atoms with Gasteiger partial charge in [-0.2, -0.15) is 13.2 Å². The second kappa shape index (κ2) is 9.47. The lowest BCUT2D eigenvalue weighted by Crippen LogP contribution is -2.46. The smallest absolute Gasteiger partial charge is 0.372 e. The van der Waals surface area contributed by atoms with Gasteiger partial charge in [0.15, 0.2) is 0 Å². The number of nitrogens with zero attached hydrogens (tertiary/aromatic N) is 3. The Morgan fingerprint density at radius 2 is 1.91 bits per heavy atom. The summed E-state index contributed by atoms with van der Waals surface area (Å²) in [6.45, 7) is 2.04.